The molecule has 1 aliphatic carbocycles. The summed E-state index contributed by atoms with van der Waals surface area (Å²) in [6.45, 7) is 0. The average Bonchev–Trinajstić information content (AvgIpc) is 3.09. The van der Waals surface area contributed by atoms with Crippen molar-refractivity contribution in [3.63, 3.8) is 0 Å². The van der Waals surface area contributed by atoms with Gasteiger partial charge in [0.1, 0.15) is 0 Å². The third-order valence-corrected chi connectivity index (χ3v) is 5.18. The Kier molecular flexibility index (Phi) is 2.61. The van der Waals surface area contributed by atoms with Gasteiger partial charge in [-0.2, -0.15) is 0 Å². The summed E-state index contributed by atoms with van der Waals surface area (Å²) >= 11 is 0. The van der Waals surface area contributed by atoms with Gasteiger partial charge in [0.2, 0.25) is 0 Å². The molecule has 2 aliphatic heterocycles. The van der Waals surface area contributed by atoms with E-state index in [-0.39, 0.29) is 0 Å². The number of para-hydroxylation sites is 4. The van der Waals surface area contributed by atoms with Gasteiger partial charge in [0.25, 0.3) is 0 Å². The Bertz CT molecular complexity index is 868. The fourth-order valence-corrected chi connectivity index (χ4v) is 4.06. The van der Waals surface area contributed by atoms with Crippen LogP contribution < -0.4 is 21.4 Å². The summed E-state index contributed by atoms with van der Waals surface area (Å²) < 4.78 is 0. The molecule has 4 nitrogen and oxygen atoms in total. The molecular weight excluding hydrogens is 284 g/mol. The van der Waals surface area contributed by atoms with Gasteiger partial charge in [-0.1, -0.05) is 30.7 Å². The second-order valence-corrected chi connectivity index (χ2v) is 6.62. The zero-order valence-corrected chi connectivity index (χ0v) is 12.9. The third-order valence-electron chi connectivity index (χ3n) is 5.18. The van der Waals surface area contributed by atoms with Crippen LogP contribution in [-0.4, -0.2) is 11.3 Å². The molecule has 2 aromatic carbocycles. The highest BCUT2D eigenvalue weighted by Crippen LogP contribution is 2.44. The van der Waals surface area contributed by atoms with Gasteiger partial charge in [-0.3, -0.25) is 0 Å². The monoisotopic (exact) mass is 302 g/mol. The lowest BCUT2D eigenvalue weighted by Gasteiger charge is -2.36. The smallest absolute Gasteiger partial charge is 0.196 e. The molecular formula is C19H18N4. The molecule has 0 bridgehead atoms. The number of nitrogens with zero attached hydrogens (tertiary/aromatic N) is 4. The molecule has 5 rings (SSSR count). The van der Waals surface area contributed by atoms with Crippen LogP contribution in [0, 0.1) is 0 Å². The standard InChI is InChI=1S/C19H18N4/c1-6-12-18(20-14-8-2-3-9-15(14)21-18)19(13-7-1)22-16-10-4-5-11-17(16)23-19/h2-5,8-11H,1,6-7,12-13H2. The lowest BCUT2D eigenvalue weighted by atomic mass is 9.89. The van der Waals surface area contributed by atoms with Gasteiger partial charge in [0.15, 0.2) is 11.3 Å². The van der Waals surface area contributed by atoms with Crippen molar-refractivity contribution < 1.29 is 0 Å². The van der Waals surface area contributed by atoms with Gasteiger partial charge in [0, 0.05) is 0 Å². The van der Waals surface area contributed by atoms with E-state index in [1.165, 1.54) is 6.42 Å². The van der Waals surface area contributed by atoms with Crippen LogP contribution >= 0.6 is 0 Å². The average molecular weight is 302 g/mol. The van der Waals surface area contributed by atoms with Crippen molar-refractivity contribution in [2.75, 3.05) is 0 Å². The van der Waals surface area contributed by atoms with Gasteiger partial charge in [-0.05, 0) is 49.9 Å². The van der Waals surface area contributed by atoms with E-state index in [0.29, 0.717) is 0 Å². The van der Waals surface area contributed by atoms with Gasteiger partial charge in [-0.25, -0.2) is 20.0 Å². The van der Waals surface area contributed by atoms with Crippen molar-refractivity contribution in [3.8, 4) is 0 Å². The van der Waals surface area contributed by atoms with Crippen LogP contribution in [0.3, 0.4) is 0 Å². The highest BCUT2D eigenvalue weighted by atomic mass is 15.3. The maximum atomic E-state index is 5.07. The van der Waals surface area contributed by atoms with Crippen molar-refractivity contribution >= 4 is 0 Å². The summed E-state index contributed by atoms with van der Waals surface area (Å²) in [6, 6.07) is 16.3. The molecule has 0 aromatic heterocycles. The SMILES string of the molecule is c1ccc2c(c1)=NC1(CCCCCC13N=c1ccccc1=N3)N=2. The van der Waals surface area contributed by atoms with Crippen LogP contribution in [0.4, 0.5) is 0 Å². The van der Waals surface area contributed by atoms with E-state index in [0.717, 1.165) is 47.1 Å². The Hall–Kier alpha value is -2.36. The highest BCUT2D eigenvalue weighted by molar-refractivity contribution is 5.20. The van der Waals surface area contributed by atoms with Crippen molar-refractivity contribution in [1.29, 1.82) is 0 Å². The van der Waals surface area contributed by atoms with Crippen LogP contribution in [0.25, 0.3) is 0 Å². The molecule has 4 heteroatoms. The zero-order valence-electron chi connectivity index (χ0n) is 12.9. The van der Waals surface area contributed by atoms with Crippen molar-refractivity contribution in [2.24, 2.45) is 20.0 Å². The fourth-order valence-electron chi connectivity index (χ4n) is 4.06. The quantitative estimate of drug-likeness (QED) is 0.703. The molecule has 0 N–H and O–H groups in total. The predicted molar refractivity (Wildman–Crippen MR) is 86.1 cm³/mol. The summed E-state index contributed by atoms with van der Waals surface area (Å²) in [7, 11) is 0. The summed E-state index contributed by atoms with van der Waals surface area (Å²) in [6.07, 6.45) is 5.30. The fraction of sp³-hybridized carbons (Fsp3) is 0.368. The van der Waals surface area contributed by atoms with Crippen LogP contribution in [0.2, 0.25) is 0 Å². The molecule has 1 fully saturated rings. The normalized spacial score (nSPS) is 22.3. The molecule has 2 spiro atoms. The van der Waals surface area contributed by atoms with Crippen molar-refractivity contribution in [1.82, 2.24) is 0 Å². The van der Waals surface area contributed by atoms with Crippen molar-refractivity contribution in [3.05, 3.63) is 70.0 Å². The van der Waals surface area contributed by atoms with E-state index in [9.17, 15) is 0 Å². The number of hydrogen-bond acceptors (Lipinski definition) is 4. The molecule has 0 atom stereocenters. The molecule has 2 heterocycles. The number of hydrogen-bond donors (Lipinski definition) is 0. The maximum absolute atomic E-state index is 5.07. The number of rotatable bonds is 0. The molecule has 2 aromatic rings. The molecule has 1 saturated carbocycles. The van der Waals surface area contributed by atoms with E-state index in [4.69, 9.17) is 20.0 Å². The van der Waals surface area contributed by atoms with Gasteiger partial charge >= 0.3 is 0 Å². The second-order valence-electron chi connectivity index (χ2n) is 6.62. The molecule has 114 valence electrons. The minimum absolute atomic E-state index is 0.563. The predicted octanol–water partition coefficient (Wildman–Crippen LogP) is 1.25. The van der Waals surface area contributed by atoms with Crippen LogP contribution in [0.1, 0.15) is 32.1 Å². The largest absolute Gasteiger partial charge is 0.249 e. The van der Waals surface area contributed by atoms with E-state index in [1.54, 1.807) is 0 Å². The Morgan fingerprint density at radius 3 is 1.22 bits per heavy atom. The molecule has 0 radical (unpaired) electrons. The topological polar surface area (TPSA) is 49.4 Å². The Labute approximate surface area is 134 Å². The first kappa shape index (κ1) is 13.1. The maximum Gasteiger partial charge on any atom is 0.196 e. The summed E-state index contributed by atoms with van der Waals surface area (Å²) in [5, 5.41) is 3.93. The van der Waals surface area contributed by atoms with E-state index < -0.39 is 11.3 Å². The number of benzene rings is 2. The van der Waals surface area contributed by atoms with Crippen LogP contribution in [0.15, 0.2) is 68.5 Å². The minimum Gasteiger partial charge on any atom is -0.249 e. The molecule has 0 amide bonds. The Morgan fingerprint density at radius 2 is 0.870 bits per heavy atom. The number of fused-ring (bicyclic) bond motifs is 3. The lowest BCUT2D eigenvalue weighted by Crippen LogP contribution is -2.47. The second kappa shape index (κ2) is 4.57. The molecule has 3 aliphatic rings. The summed E-state index contributed by atoms with van der Waals surface area (Å²) in [4.78, 5) is 20.3. The van der Waals surface area contributed by atoms with Gasteiger partial charge in [-0.15, -0.1) is 0 Å². The van der Waals surface area contributed by atoms with Gasteiger partial charge in [0.05, 0.1) is 21.4 Å². The first-order valence-electron chi connectivity index (χ1n) is 8.40. The van der Waals surface area contributed by atoms with E-state index in [2.05, 4.69) is 0 Å². The molecule has 23 heavy (non-hydrogen) atoms. The molecule has 0 unspecified atom stereocenters. The Balaban J connectivity index is 1.80. The third kappa shape index (κ3) is 1.78. The van der Waals surface area contributed by atoms with E-state index in [1.807, 2.05) is 48.5 Å². The first-order valence-corrected chi connectivity index (χ1v) is 8.40. The van der Waals surface area contributed by atoms with Crippen LogP contribution in [-0.2, 0) is 0 Å². The van der Waals surface area contributed by atoms with Gasteiger partial charge < -0.3 is 0 Å². The Morgan fingerprint density at radius 1 is 0.522 bits per heavy atom. The first-order chi connectivity index (χ1) is 11.3. The summed E-state index contributed by atoms with van der Waals surface area (Å²) in [5.74, 6) is 0. The minimum atomic E-state index is -0.563. The molecule has 0 saturated heterocycles. The highest BCUT2D eigenvalue weighted by Gasteiger charge is 2.54. The zero-order chi connectivity index (χ0) is 15.3. The van der Waals surface area contributed by atoms with E-state index >= 15 is 0 Å². The van der Waals surface area contributed by atoms with Crippen LogP contribution in [0.5, 0.6) is 0 Å². The lowest BCUT2D eigenvalue weighted by molar-refractivity contribution is 0.222. The summed E-state index contributed by atoms with van der Waals surface area (Å²) in [5.41, 5.74) is -1.13. The van der Waals surface area contributed by atoms with Crippen molar-refractivity contribution in [2.45, 2.75) is 43.4 Å².